The monoisotopic (exact) mass is 244 g/mol. The van der Waals surface area contributed by atoms with Gasteiger partial charge in [0.1, 0.15) is 11.5 Å². The van der Waals surface area contributed by atoms with Crippen molar-refractivity contribution in [1.82, 2.24) is 4.98 Å². The number of rotatable bonds is 3. The molecule has 0 aliphatic carbocycles. The number of pyridine rings is 1. The van der Waals surface area contributed by atoms with Gasteiger partial charge in [-0.3, -0.25) is 9.78 Å². The molecule has 1 aromatic heterocycles. The molecule has 0 saturated heterocycles. The maximum Gasteiger partial charge on any atom is 0.255 e. The molecule has 1 amide bonds. The normalized spacial score (nSPS) is 9.83. The van der Waals surface area contributed by atoms with Crippen LogP contribution in [0.4, 0.5) is 5.69 Å². The van der Waals surface area contributed by atoms with Gasteiger partial charge in [-0.05, 0) is 24.3 Å². The van der Waals surface area contributed by atoms with Crippen molar-refractivity contribution in [2.45, 2.75) is 0 Å². The first-order chi connectivity index (χ1) is 8.70. The third kappa shape index (κ3) is 2.57. The highest BCUT2D eigenvalue weighted by molar-refractivity contribution is 6.04. The number of amides is 1. The summed E-state index contributed by atoms with van der Waals surface area (Å²) in [5.74, 6) is 0.219. The summed E-state index contributed by atoms with van der Waals surface area (Å²) in [6.45, 7) is 0. The largest absolute Gasteiger partial charge is 0.506 e. The molecule has 2 N–H and O–H groups in total. The number of aromatic nitrogens is 1. The fourth-order valence-corrected chi connectivity index (χ4v) is 1.44. The summed E-state index contributed by atoms with van der Waals surface area (Å²) in [6, 6.07) is 7.80. The summed E-state index contributed by atoms with van der Waals surface area (Å²) < 4.78 is 5.02. The molecule has 0 unspecified atom stereocenters. The quantitative estimate of drug-likeness (QED) is 0.810. The van der Waals surface area contributed by atoms with Crippen molar-refractivity contribution < 1.29 is 14.6 Å². The topological polar surface area (TPSA) is 71.5 Å². The highest BCUT2D eigenvalue weighted by Gasteiger charge is 2.09. The molecule has 0 aliphatic rings. The van der Waals surface area contributed by atoms with Crippen LogP contribution < -0.4 is 10.1 Å². The molecule has 2 aromatic rings. The lowest BCUT2D eigenvalue weighted by atomic mass is 10.2. The Labute approximate surface area is 104 Å². The lowest BCUT2D eigenvalue weighted by Crippen LogP contribution is -2.11. The lowest BCUT2D eigenvalue weighted by molar-refractivity contribution is 0.102. The molecule has 92 valence electrons. The van der Waals surface area contributed by atoms with Crippen molar-refractivity contribution in [3.63, 3.8) is 0 Å². The van der Waals surface area contributed by atoms with Crippen LogP contribution in [-0.2, 0) is 0 Å². The van der Waals surface area contributed by atoms with Gasteiger partial charge >= 0.3 is 0 Å². The second kappa shape index (κ2) is 5.18. The Bertz CT molecular complexity index is 555. The second-order valence-electron chi connectivity index (χ2n) is 3.57. The van der Waals surface area contributed by atoms with Crippen LogP contribution in [0.2, 0.25) is 0 Å². The Hall–Kier alpha value is -2.56. The molecule has 0 atom stereocenters. The fraction of sp³-hybridized carbons (Fsp3) is 0.0769. The van der Waals surface area contributed by atoms with E-state index in [2.05, 4.69) is 10.3 Å². The first-order valence-corrected chi connectivity index (χ1v) is 5.29. The molecule has 0 fully saturated rings. The SMILES string of the molecule is COc1ccc(O)c(NC(=O)c2ccncc2)c1. The van der Waals surface area contributed by atoms with Gasteiger partial charge in [-0.1, -0.05) is 0 Å². The average Bonchev–Trinajstić information content (AvgIpc) is 2.42. The predicted molar refractivity (Wildman–Crippen MR) is 66.8 cm³/mol. The molecule has 0 radical (unpaired) electrons. The average molecular weight is 244 g/mol. The molecule has 1 heterocycles. The van der Waals surface area contributed by atoms with Crippen LogP contribution >= 0.6 is 0 Å². The molecular formula is C13H12N2O3. The Morgan fingerprint density at radius 1 is 1.28 bits per heavy atom. The van der Waals surface area contributed by atoms with Gasteiger partial charge in [-0.15, -0.1) is 0 Å². The van der Waals surface area contributed by atoms with E-state index in [-0.39, 0.29) is 11.7 Å². The number of aromatic hydroxyl groups is 1. The van der Waals surface area contributed by atoms with Crippen molar-refractivity contribution in [3.05, 3.63) is 48.3 Å². The number of benzene rings is 1. The molecule has 0 bridgehead atoms. The minimum absolute atomic E-state index is 0.0155. The Morgan fingerprint density at radius 2 is 2.00 bits per heavy atom. The summed E-state index contributed by atoms with van der Waals surface area (Å²) in [5.41, 5.74) is 0.767. The zero-order valence-electron chi connectivity index (χ0n) is 9.75. The van der Waals surface area contributed by atoms with E-state index in [0.29, 0.717) is 17.0 Å². The summed E-state index contributed by atoms with van der Waals surface area (Å²) in [4.78, 5) is 15.7. The van der Waals surface area contributed by atoms with E-state index in [1.54, 1.807) is 24.3 Å². The Balaban J connectivity index is 2.21. The van der Waals surface area contributed by atoms with Gasteiger partial charge in [0.25, 0.3) is 5.91 Å². The first kappa shape index (κ1) is 11.9. The number of carbonyl (C=O) groups is 1. The van der Waals surface area contributed by atoms with Crippen molar-refractivity contribution in [3.8, 4) is 11.5 Å². The molecule has 5 heteroatoms. The summed E-state index contributed by atoms with van der Waals surface area (Å²) in [5, 5.41) is 12.2. The van der Waals surface area contributed by atoms with E-state index in [1.165, 1.54) is 25.6 Å². The zero-order chi connectivity index (χ0) is 13.0. The first-order valence-electron chi connectivity index (χ1n) is 5.29. The Kier molecular flexibility index (Phi) is 3.43. The van der Waals surface area contributed by atoms with Crippen LogP contribution in [0, 0.1) is 0 Å². The number of methoxy groups -OCH3 is 1. The van der Waals surface area contributed by atoms with Gasteiger partial charge in [0, 0.05) is 24.0 Å². The van der Waals surface area contributed by atoms with Crippen LogP contribution in [-0.4, -0.2) is 23.1 Å². The molecule has 18 heavy (non-hydrogen) atoms. The van der Waals surface area contributed by atoms with Gasteiger partial charge in [0.05, 0.1) is 12.8 Å². The second-order valence-corrected chi connectivity index (χ2v) is 3.57. The number of phenols is 1. The molecular weight excluding hydrogens is 232 g/mol. The van der Waals surface area contributed by atoms with Crippen molar-refractivity contribution in [2.24, 2.45) is 0 Å². The van der Waals surface area contributed by atoms with Crippen molar-refractivity contribution in [2.75, 3.05) is 12.4 Å². The zero-order valence-corrected chi connectivity index (χ0v) is 9.75. The van der Waals surface area contributed by atoms with E-state index in [9.17, 15) is 9.90 Å². The number of hydrogen-bond acceptors (Lipinski definition) is 4. The van der Waals surface area contributed by atoms with Gasteiger partial charge in [-0.2, -0.15) is 0 Å². The summed E-state index contributed by atoms with van der Waals surface area (Å²) in [7, 11) is 1.51. The number of carbonyl (C=O) groups excluding carboxylic acids is 1. The number of ether oxygens (including phenoxy) is 1. The van der Waals surface area contributed by atoms with Crippen LogP contribution in [0.15, 0.2) is 42.7 Å². The summed E-state index contributed by atoms with van der Waals surface area (Å²) >= 11 is 0. The Morgan fingerprint density at radius 3 is 2.67 bits per heavy atom. The smallest absolute Gasteiger partial charge is 0.255 e. The van der Waals surface area contributed by atoms with Crippen LogP contribution in [0.1, 0.15) is 10.4 Å². The van der Waals surface area contributed by atoms with E-state index < -0.39 is 0 Å². The molecule has 5 nitrogen and oxygen atoms in total. The van der Waals surface area contributed by atoms with Crippen LogP contribution in [0.3, 0.4) is 0 Å². The lowest BCUT2D eigenvalue weighted by Gasteiger charge is -2.08. The maximum absolute atomic E-state index is 11.9. The maximum atomic E-state index is 11.9. The third-order valence-electron chi connectivity index (χ3n) is 2.39. The van der Waals surface area contributed by atoms with Gasteiger partial charge in [-0.25, -0.2) is 0 Å². The van der Waals surface area contributed by atoms with E-state index in [1.807, 2.05) is 0 Å². The van der Waals surface area contributed by atoms with Crippen molar-refractivity contribution >= 4 is 11.6 Å². The molecule has 1 aromatic carbocycles. The van der Waals surface area contributed by atoms with E-state index >= 15 is 0 Å². The van der Waals surface area contributed by atoms with Gasteiger partial charge in [0.2, 0.25) is 0 Å². The van der Waals surface area contributed by atoms with E-state index in [0.717, 1.165) is 0 Å². The molecule has 0 aliphatic heterocycles. The number of phenolic OH excluding ortho intramolecular Hbond substituents is 1. The minimum atomic E-state index is -0.319. The molecule has 0 saturated carbocycles. The number of nitrogens with zero attached hydrogens (tertiary/aromatic N) is 1. The fourth-order valence-electron chi connectivity index (χ4n) is 1.44. The summed E-state index contributed by atoms with van der Waals surface area (Å²) in [6.07, 6.45) is 3.06. The van der Waals surface area contributed by atoms with E-state index in [4.69, 9.17) is 4.74 Å². The molecule has 2 rings (SSSR count). The van der Waals surface area contributed by atoms with Crippen LogP contribution in [0.5, 0.6) is 11.5 Å². The highest BCUT2D eigenvalue weighted by Crippen LogP contribution is 2.28. The number of anilines is 1. The van der Waals surface area contributed by atoms with Gasteiger partial charge in [0.15, 0.2) is 0 Å². The highest BCUT2D eigenvalue weighted by atomic mass is 16.5. The van der Waals surface area contributed by atoms with Crippen LogP contribution in [0.25, 0.3) is 0 Å². The minimum Gasteiger partial charge on any atom is -0.506 e. The molecule has 0 spiro atoms. The number of nitrogens with one attached hydrogen (secondary N) is 1. The van der Waals surface area contributed by atoms with Crippen molar-refractivity contribution in [1.29, 1.82) is 0 Å². The standard InChI is InChI=1S/C13H12N2O3/c1-18-10-2-3-12(16)11(8-10)15-13(17)9-4-6-14-7-5-9/h2-8,16H,1H3,(H,15,17). The number of hydrogen-bond donors (Lipinski definition) is 2. The third-order valence-corrected chi connectivity index (χ3v) is 2.39. The van der Waals surface area contributed by atoms with Gasteiger partial charge < -0.3 is 15.2 Å². The predicted octanol–water partition coefficient (Wildman–Crippen LogP) is 2.05.